The third-order valence-electron chi connectivity index (χ3n) is 3.16. The fourth-order valence-electron chi connectivity index (χ4n) is 2.19. The first-order chi connectivity index (χ1) is 9.13. The van der Waals surface area contributed by atoms with Crippen LogP contribution >= 0.6 is 11.6 Å². The van der Waals surface area contributed by atoms with Crippen molar-refractivity contribution < 1.29 is 4.79 Å². The molecule has 0 atom stereocenters. The van der Waals surface area contributed by atoms with E-state index in [1.165, 1.54) is 0 Å². The van der Waals surface area contributed by atoms with Crippen LogP contribution < -0.4 is 4.90 Å². The third-order valence-corrected chi connectivity index (χ3v) is 3.46. The fourth-order valence-corrected chi connectivity index (χ4v) is 2.48. The number of hydrogen-bond acceptors (Lipinski definition) is 3. The SMILES string of the molecule is CC(=O)N1CCN(c2c(Cl)cccc2N=[N+]=[N-])CC1. The van der Waals surface area contributed by atoms with Gasteiger partial charge in [-0.2, -0.15) is 0 Å². The van der Waals surface area contributed by atoms with Crippen molar-refractivity contribution in [1.82, 2.24) is 4.90 Å². The summed E-state index contributed by atoms with van der Waals surface area (Å²) in [5.74, 6) is 0.0778. The number of anilines is 1. The Bertz CT molecular complexity index is 533. The van der Waals surface area contributed by atoms with Crippen molar-refractivity contribution in [2.75, 3.05) is 31.1 Å². The van der Waals surface area contributed by atoms with Gasteiger partial charge in [0.25, 0.3) is 0 Å². The molecule has 1 aliphatic heterocycles. The summed E-state index contributed by atoms with van der Waals surface area (Å²) in [5.41, 5.74) is 9.85. The molecular formula is C12H14ClN5O. The molecule has 7 heteroatoms. The quantitative estimate of drug-likeness (QED) is 0.474. The summed E-state index contributed by atoms with van der Waals surface area (Å²) in [6.45, 7) is 4.22. The molecule has 6 nitrogen and oxygen atoms in total. The van der Waals surface area contributed by atoms with E-state index in [0.29, 0.717) is 36.9 Å². The number of azide groups is 1. The number of carbonyl (C=O) groups is 1. The molecule has 1 aromatic rings. The number of piperazine rings is 1. The van der Waals surface area contributed by atoms with Crippen LogP contribution in [0.25, 0.3) is 10.4 Å². The molecule has 0 radical (unpaired) electrons. The average Bonchev–Trinajstić information content (AvgIpc) is 2.39. The van der Waals surface area contributed by atoms with Gasteiger partial charge in [0.05, 0.1) is 16.4 Å². The van der Waals surface area contributed by atoms with E-state index in [1.807, 2.05) is 4.90 Å². The van der Waals surface area contributed by atoms with E-state index >= 15 is 0 Å². The topological polar surface area (TPSA) is 72.3 Å². The van der Waals surface area contributed by atoms with Crippen LogP contribution in [-0.4, -0.2) is 37.0 Å². The van der Waals surface area contributed by atoms with E-state index in [-0.39, 0.29) is 5.91 Å². The molecule has 0 bridgehead atoms. The second-order valence-corrected chi connectivity index (χ2v) is 4.70. The van der Waals surface area contributed by atoms with Crippen LogP contribution in [0.1, 0.15) is 6.92 Å². The molecule has 1 aliphatic rings. The second-order valence-electron chi connectivity index (χ2n) is 4.29. The first kappa shape index (κ1) is 13.5. The van der Waals surface area contributed by atoms with Gasteiger partial charge in [0.2, 0.25) is 5.91 Å². The Balaban J connectivity index is 2.24. The molecule has 1 heterocycles. The molecule has 2 rings (SSSR count). The van der Waals surface area contributed by atoms with E-state index in [1.54, 1.807) is 30.0 Å². The van der Waals surface area contributed by atoms with Gasteiger partial charge >= 0.3 is 0 Å². The zero-order valence-corrected chi connectivity index (χ0v) is 11.3. The summed E-state index contributed by atoms with van der Waals surface area (Å²) in [6.07, 6.45) is 0. The predicted octanol–water partition coefficient (Wildman–Crippen LogP) is 2.95. The van der Waals surface area contributed by atoms with E-state index < -0.39 is 0 Å². The van der Waals surface area contributed by atoms with Crippen molar-refractivity contribution in [1.29, 1.82) is 0 Å². The number of amides is 1. The van der Waals surface area contributed by atoms with E-state index in [0.717, 1.165) is 5.69 Å². The molecule has 1 saturated heterocycles. The standard InChI is InChI=1S/C12H14ClN5O/c1-9(19)17-5-7-18(8-6-17)12-10(13)3-2-4-11(12)15-16-14/h2-4H,5-8H2,1H3. The smallest absolute Gasteiger partial charge is 0.219 e. The molecule has 1 aromatic carbocycles. The molecule has 1 fully saturated rings. The van der Waals surface area contributed by atoms with Gasteiger partial charge in [0.1, 0.15) is 0 Å². The van der Waals surface area contributed by atoms with E-state index in [2.05, 4.69) is 10.0 Å². The fraction of sp³-hybridized carbons (Fsp3) is 0.417. The zero-order chi connectivity index (χ0) is 13.8. The number of hydrogen-bond donors (Lipinski definition) is 0. The molecule has 0 aliphatic carbocycles. The molecule has 0 spiro atoms. The highest BCUT2D eigenvalue weighted by Gasteiger charge is 2.21. The van der Waals surface area contributed by atoms with Crippen LogP contribution in [-0.2, 0) is 4.79 Å². The van der Waals surface area contributed by atoms with Crippen molar-refractivity contribution in [3.63, 3.8) is 0 Å². The molecule has 0 unspecified atom stereocenters. The summed E-state index contributed by atoms with van der Waals surface area (Å²) in [6, 6.07) is 5.25. The lowest BCUT2D eigenvalue weighted by molar-refractivity contribution is -0.129. The largest absolute Gasteiger partial charge is 0.366 e. The summed E-state index contributed by atoms with van der Waals surface area (Å²) in [5, 5.41) is 4.23. The Morgan fingerprint density at radius 3 is 2.63 bits per heavy atom. The maximum atomic E-state index is 11.3. The van der Waals surface area contributed by atoms with Crippen molar-refractivity contribution in [2.24, 2.45) is 5.11 Å². The lowest BCUT2D eigenvalue weighted by Gasteiger charge is -2.36. The monoisotopic (exact) mass is 279 g/mol. The highest BCUT2D eigenvalue weighted by Crippen LogP contribution is 2.36. The maximum Gasteiger partial charge on any atom is 0.219 e. The lowest BCUT2D eigenvalue weighted by Crippen LogP contribution is -2.48. The number of rotatable bonds is 2. The molecule has 100 valence electrons. The Labute approximate surface area is 116 Å². The van der Waals surface area contributed by atoms with Gasteiger partial charge in [-0.25, -0.2) is 0 Å². The summed E-state index contributed by atoms with van der Waals surface area (Å²) < 4.78 is 0. The van der Waals surface area contributed by atoms with Gasteiger partial charge in [-0.3, -0.25) is 4.79 Å². The Hall–Kier alpha value is -1.91. The minimum atomic E-state index is 0.0778. The van der Waals surface area contributed by atoms with Gasteiger partial charge in [0.15, 0.2) is 0 Å². The molecule has 1 amide bonds. The average molecular weight is 280 g/mol. The van der Waals surface area contributed by atoms with Crippen LogP contribution in [0.3, 0.4) is 0 Å². The predicted molar refractivity (Wildman–Crippen MR) is 74.7 cm³/mol. The first-order valence-electron chi connectivity index (χ1n) is 5.97. The van der Waals surface area contributed by atoms with Gasteiger partial charge in [-0.1, -0.05) is 28.8 Å². The van der Waals surface area contributed by atoms with Crippen LogP contribution in [0, 0.1) is 0 Å². The highest BCUT2D eigenvalue weighted by molar-refractivity contribution is 6.33. The van der Waals surface area contributed by atoms with Crippen molar-refractivity contribution in [3.8, 4) is 0 Å². The summed E-state index contributed by atoms with van der Waals surface area (Å²) >= 11 is 6.19. The van der Waals surface area contributed by atoms with Gasteiger partial charge < -0.3 is 9.80 Å². The number of para-hydroxylation sites is 1. The normalized spacial score (nSPS) is 15.1. The number of benzene rings is 1. The molecule has 0 saturated carbocycles. The summed E-state index contributed by atoms with van der Waals surface area (Å²) in [4.78, 5) is 18.0. The van der Waals surface area contributed by atoms with Crippen molar-refractivity contribution >= 4 is 28.9 Å². The van der Waals surface area contributed by atoms with Gasteiger partial charge in [-0.15, -0.1) is 0 Å². The van der Waals surface area contributed by atoms with Gasteiger partial charge in [-0.05, 0) is 11.6 Å². The minimum absolute atomic E-state index is 0.0778. The van der Waals surface area contributed by atoms with Crippen LogP contribution in [0.2, 0.25) is 5.02 Å². The van der Waals surface area contributed by atoms with Crippen LogP contribution in [0.5, 0.6) is 0 Å². The van der Waals surface area contributed by atoms with Crippen molar-refractivity contribution in [2.45, 2.75) is 6.92 Å². The molecule has 0 N–H and O–H groups in total. The lowest BCUT2D eigenvalue weighted by atomic mass is 10.2. The number of halogens is 1. The zero-order valence-electron chi connectivity index (χ0n) is 10.6. The minimum Gasteiger partial charge on any atom is -0.366 e. The second kappa shape index (κ2) is 5.82. The summed E-state index contributed by atoms with van der Waals surface area (Å²) in [7, 11) is 0. The molecular weight excluding hydrogens is 266 g/mol. The Morgan fingerprint density at radius 2 is 2.05 bits per heavy atom. The van der Waals surface area contributed by atoms with E-state index in [9.17, 15) is 4.79 Å². The third kappa shape index (κ3) is 2.92. The van der Waals surface area contributed by atoms with Crippen molar-refractivity contribution in [3.05, 3.63) is 33.7 Å². The van der Waals surface area contributed by atoms with Crippen LogP contribution in [0.4, 0.5) is 11.4 Å². The molecule has 19 heavy (non-hydrogen) atoms. The first-order valence-corrected chi connectivity index (χ1v) is 6.35. The molecule has 0 aromatic heterocycles. The van der Waals surface area contributed by atoms with Gasteiger partial charge in [0, 0.05) is 38.0 Å². The number of carbonyl (C=O) groups excluding carboxylic acids is 1. The Kier molecular flexibility index (Phi) is 4.14. The Morgan fingerprint density at radius 1 is 1.37 bits per heavy atom. The van der Waals surface area contributed by atoms with E-state index in [4.69, 9.17) is 17.1 Å². The van der Waals surface area contributed by atoms with Crippen LogP contribution in [0.15, 0.2) is 23.3 Å². The number of nitrogens with zero attached hydrogens (tertiary/aromatic N) is 5. The maximum absolute atomic E-state index is 11.3. The highest BCUT2D eigenvalue weighted by atomic mass is 35.5.